The number of nitrogens with zero attached hydrogens (tertiary/aromatic N) is 4. The minimum atomic E-state index is -3.70. The maximum atomic E-state index is 13.5. The molecule has 28 heavy (non-hydrogen) atoms. The van der Waals surface area contributed by atoms with E-state index in [9.17, 15) is 8.42 Å². The average Bonchev–Trinajstić information content (AvgIpc) is 3.35. The van der Waals surface area contributed by atoms with E-state index in [1.54, 1.807) is 30.6 Å². The summed E-state index contributed by atoms with van der Waals surface area (Å²) >= 11 is 0. The Hall–Kier alpha value is -2.38. The molecule has 1 fully saturated rings. The van der Waals surface area contributed by atoms with Gasteiger partial charge in [-0.2, -0.15) is 0 Å². The van der Waals surface area contributed by atoms with Crippen molar-refractivity contribution >= 4 is 26.7 Å². The molecule has 7 heteroatoms. The first-order valence-electron chi connectivity index (χ1n) is 9.67. The van der Waals surface area contributed by atoms with Crippen LogP contribution in [0.15, 0.2) is 53.7 Å². The van der Waals surface area contributed by atoms with Gasteiger partial charge in [0.1, 0.15) is 0 Å². The van der Waals surface area contributed by atoms with E-state index in [-0.39, 0.29) is 0 Å². The summed E-state index contributed by atoms with van der Waals surface area (Å²) in [5.41, 5.74) is 3.30. The lowest BCUT2D eigenvalue weighted by Gasteiger charge is -2.18. The van der Waals surface area contributed by atoms with Crippen LogP contribution in [0.2, 0.25) is 0 Å². The summed E-state index contributed by atoms with van der Waals surface area (Å²) in [6.07, 6.45) is 6.50. The number of likely N-dealkylation sites (N-methyl/N-ethyl adjacent to an activating group) is 1. The lowest BCUT2D eigenvalue weighted by Crippen LogP contribution is -2.18. The summed E-state index contributed by atoms with van der Waals surface area (Å²) in [6, 6.07) is 10.9. The summed E-state index contributed by atoms with van der Waals surface area (Å²) in [5, 5.41) is 0. The third-order valence-corrected chi connectivity index (χ3v) is 6.94. The van der Waals surface area contributed by atoms with Gasteiger partial charge < -0.3 is 9.80 Å². The zero-order valence-electron chi connectivity index (χ0n) is 16.4. The predicted octanol–water partition coefficient (Wildman–Crippen LogP) is 2.98. The highest BCUT2D eigenvalue weighted by atomic mass is 32.2. The lowest BCUT2D eigenvalue weighted by molar-refractivity contribution is 0.414. The molecule has 3 aromatic rings. The van der Waals surface area contributed by atoms with Gasteiger partial charge in [-0.3, -0.25) is 4.98 Å². The summed E-state index contributed by atoms with van der Waals surface area (Å²) in [7, 11) is 0.315. The van der Waals surface area contributed by atoms with Crippen molar-refractivity contribution in [3.63, 3.8) is 0 Å². The topological polar surface area (TPSA) is 58.4 Å². The fraction of sp³-hybridized carbons (Fsp3) is 0.381. The van der Waals surface area contributed by atoms with Crippen molar-refractivity contribution in [3.8, 4) is 0 Å². The zero-order valence-corrected chi connectivity index (χ0v) is 17.2. The van der Waals surface area contributed by atoms with E-state index in [0.717, 1.165) is 55.7 Å². The quantitative estimate of drug-likeness (QED) is 0.639. The Labute approximate surface area is 166 Å². The smallest absolute Gasteiger partial charge is 0.268 e. The van der Waals surface area contributed by atoms with Gasteiger partial charge in [-0.1, -0.05) is 6.07 Å². The third-order valence-electron chi connectivity index (χ3n) is 5.28. The van der Waals surface area contributed by atoms with Gasteiger partial charge in [-0.15, -0.1) is 0 Å². The Balaban J connectivity index is 1.77. The van der Waals surface area contributed by atoms with Gasteiger partial charge in [0.25, 0.3) is 10.0 Å². The minimum absolute atomic E-state index is 0.316. The number of anilines is 1. The van der Waals surface area contributed by atoms with Gasteiger partial charge in [0.2, 0.25) is 0 Å². The van der Waals surface area contributed by atoms with Crippen LogP contribution in [0.5, 0.6) is 0 Å². The Bertz CT molecular complexity index is 1080. The first kappa shape index (κ1) is 19.0. The third kappa shape index (κ3) is 3.52. The first-order valence-corrected chi connectivity index (χ1v) is 11.1. The van der Waals surface area contributed by atoms with Gasteiger partial charge in [-0.25, -0.2) is 12.4 Å². The van der Waals surface area contributed by atoms with Crippen molar-refractivity contribution in [2.24, 2.45) is 0 Å². The Morgan fingerprint density at radius 3 is 2.64 bits per heavy atom. The molecule has 0 aliphatic carbocycles. The van der Waals surface area contributed by atoms with Gasteiger partial charge in [0.15, 0.2) is 0 Å². The van der Waals surface area contributed by atoms with Crippen molar-refractivity contribution < 1.29 is 8.42 Å². The van der Waals surface area contributed by atoms with Crippen molar-refractivity contribution in [3.05, 3.63) is 54.4 Å². The van der Waals surface area contributed by atoms with Crippen LogP contribution in [-0.2, 0) is 16.4 Å². The molecule has 1 aliphatic rings. The van der Waals surface area contributed by atoms with Crippen LogP contribution < -0.4 is 4.90 Å². The van der Waals surface area contributed by atoms with Gasteiger partial charge in [0.05, 0.1) is 15.9 Å². The zero-order chi connectivity index (χ0) is 19.7. The molecular weight excluding hydrogens is 372 g/mol. The number of aromatic nitrogens is 2. The van der Waals surface area contributed by atoms with E-state index in [1.165, 1.54) is 3.97 Å². The second-order valence-corrected chi connectivity index (χ2v) is 9.39. The second-order valence-electron chi connectivity index (χ2n) is 7.57. The van der Waals surface area contributed by atoms with E-state index in [0.29, 0.717) is 10.4 Å². The average molecular weight is 399 g/mol. The van der Waals surface area contributed by atoms with Gasteiger partial charge >= 0.3 is 0 Å². The summed E-state index contributed by atoms with van der Waals surface area (Å²) in [5.74, 6) is 0. The number of hydrogen-bond donors (Lipinski definition) is 0. The lowest BCUT2D eigenvalue weighted by atomic mass is 10.2. The molecule has 0 atom stereocenters. The molecule has 148 valence electrons. The fourth-order valence-electron chi connectivity index (χ4n) is 3.75. The van der Waals surface area contributed by atoms with Crippen molar-refractivity contribution in [1.82, 2.24) is 13.9 Å². The molecule has 3 heterocycles. The highest BCUT2D eigenvalue weighted by Crippen LogP contribution is 2.28. The highest BCUT2D eigenvalue weighted by Gasteiger charge is 2.23. The molecule has 0 unspecified atom stereocenters. The number of benzene rings is 1. The first-order chi connectivity index (χ1) is 13.5. The molecule has 1 aromatic carbocycles. The van der Waals surface area contributed by atoms with E-state index in [1.807, 2.05) is 32.3 Å². The fourth-order valence-corrected chi connectivity index (χ4v) is 5.17. The molecule has 0 amide bonds. The largest absolute Gasteiger partial charge is 0.371 e. The maximum absolute atomic E-state index is 13.5. The highest BCUT2D eigenvalue weighted by molar-refractivity contribution is 7.90. The summed E-state index contributed by atoms with van der Waals surface area (Å²) < 4.78 is 28.3. The summed E-state index contributed by atoms with van der Waals surface area (Å²) in [4.78, 5) is 9.10. The molecule has 0 spiro atoms. The number of hydrogen-bond acceptors (Lipinski definition) is 5. The predicted molar refractivity (Wildman–Crippen MR) is 112 cm³/mol. The molecule has 0 radical (unpaired) electrons. The van der Waals surface area contributed by atoms with E-state index >= 15 is 0 Å². The van der Waals surface area contributed by atoms with Crippen molar-refractivity contribution in [2.75, 3.05) is 38.6 Å². The van der Waals surface area contributed by atoms with Crippen LogP contribution in [-0.4, -0.2) is 56.0 Å². The maximum Gasteiger partial charge on any atom is 0.268 e. The number of rotatable bonds is 6. The standard InChI is InChI=1S/C21H26N4O2S/c1-23(2)14-10-17-16-25(20-9-6-11-22-21(17)20)28(26,27)19-8-5-7-18(15-19)24-12-3-4-13-24/h5-9,11,15-16H,3-4,10,12-14H2,1-2H3. The molecule has 4 rings (SSSR count). The van der Waals surface area contributed by atoms with Crippen LogP contribution in [0.25, 0.3) is 11.0 Å². The molecule has 0 saturated carbocycles. The van der Waals surface area contributed by atoms with Crippen molar-refractivity contribution in [1.29, 1.82) is 0 Å². The van der Waals surface area contributed by atoms with E-state index in [2.05, 4.69) is 14.8 Å². The normalized spacial score (nSPS) is 15.0. The molecule has 6 nitrogen and oxygen atoms in total. The monoisotopic (exact) mass is 398 g/mol. The van der Waals surface area contributed by atoms with Crippen molar-refractivity contribution in [2.45, 2.75) is 24.2 Å². The Kier molecular flexibility index (Phi) is 5.12. The molecule has 1 saturated heterocycles. The van der Waals surface area contributed by atoms with Gasteiger partial charge in [-0.05, 0) is 69.3 Å². The summed E-state index contributed by atoms with van der Waals surface area (Å²) in [6.45, 7) is 2.79. The van der Waals surface area contributed by atoms with Crippen LogP contribution in [0.3, 0.4) is 0 Å². The Morgan fingerprint density at radius 1 is 1.11 bits per heavy atom. The van der Waals surface area contributed by atoms with Crippen LogP contribution >= 0.6 is 0 Å². The number of pyridine rings is 1. The van der Waals surface area contributed by atoms with E-state index < -0.39 is 10.0 Å². The van der Waals surface area contributed by atoms with Gasteiger partial charge in [0, 0.05) is 37.7 Å². The Morgan fingerprint density at radius 2 is 1.89 bits per heavy atom. The molecule has 1 aliphatic heterocycles. The molecule has 0 bridgehead atoms. The van der Waals surface area contributed by atoms with Crippen LogP contribution in [0, 0.1) is 0 Å². The minimum Gasteiger partial charge on any atom is -0.371 e. The SMILES string of the molecule is CN(C)CCc1cn(S(=O)(=O)c2cccc(N3CCCC3)c2)c2cccnc12. The van der Waals surface area contributed by atoms with Crippen LogP contribution in [0.1, 0.15) is 18.4 Å². The number of fused-ring (bicyclic) bond motifs is 1. The molecular formula is C21H26N4O2S. The van der Waals surface area contributed by atoms with E-state index in [4.69, 9.17) is 0 Å². The second kappa shape index (κ2) is 7.56. The molecule has 0 N–H and O–H groups in total. The molecule has 2 aromatic heterocycles. The van der Waals surface area contributed by atoms with Crippen LogP contribution in [0.4, 0.5) is 5.69 Å².